The molecule has 2 atom stereocenters. The number of fused-ring (bicyclic) bond motifs is 1. The average Bonchev–Trinajstić information content (AvgIpc) is 3.12. The number of carbonyl (C=O) groups excluding carboxylic acids is 2. The van der Waals surface area contributed by atoms with Crippen molar-refractivity contribution >= 4 is 30.1 Å². The number of imide groups is 1. The van der Waals surface area contributed by atoms with Gasteiger partial charge in [0, 0.05) is 51.9 Å². The van der Waals surface area contributed by atoms with Gasteiger partial charge in [-0.3, -0.25) is 24.7 Å². The van der Waals surface area contributed by atoms with Crippen molar-refractivity contribution in [2.45, 2.75) is 37.3 Å². The van der Waals surface area contributed by atoms with E-state index in [4.69, 9.17) is 12.6 Å². The summed E-state index contributed by atoms with van der Waals surface area (Å²) in [5.74, 6) is -2.43. The zero-order chi connectivity index (χ0) is 23.1. The highest BCUT2D eigenvalue weighted by Gasteiger charge is 2.39. The van der Waals surface area contributed by atoms with E-state index in [-0.39, 0.29) is 28.9 Å². The number of benzene rings is 1. The molecule has 1 N–H and O–H groups in total. The Morgan fingerprint density at radius 3 is 2.67 bits per heavy atom. The summed E-state index contributed by atoms with van der Waals surface area (Å²) in [7, 11) is 0. The lowest BCUT2D eigenvalue weighted by atomic mass is 10.0. The van der Waals surface area contributed by atoms with Crippen molar-refractivity contribution in [2.24, 2.45) is 0 Å². The van der Waals surface area contributed by atoms with E-state index in [1.165, 1.54) is 12.3 Å². The van der Waals surface area contributed by atoms with Crippen molar-refractivity contribution < 1.29 is 18.4 Å². The van der Waals surface area contributed by atoms with Crippen molar-refractivity contribution in [1.29, 1.82) is 0 Å². The molecule has 3 aliphatic rings. The second kappa shape index (κ2) is 9.00. The highest BCUT2D eigenvalue weighted by Crippen LogP contribution is 2.39. The van der Waals surface area contributed by atoms with Crippen LogP contribution in [0, 0.1) is 11.8 Å². The molecule has 2 aromatic rings. The lowest BCUT2D eigenvalue weighted by molar-refractivity contribution is -0.137. The number of hydrogen-bond acceptors (Lipinski definition) is 7. The molecule has 2 fully saturated rings. The van der Waals surface area contributed by atoms with Crippen molar-refractivity contribution in [2.75, 3.05) is 31.1 Å². The van der Waals surface area contributed by atoms with Crippen LogP contribution in [0.2, 0.25) is 0 Å². The summed E-state index contributed by atoms with van der Waals surface area (Å²) >= 11 is 4.79. The van der Waals surface area contributed by atoms with Gasteiger partial charge in [0.05, 0.1) is 17.1 Å². The third-order valence-corrected chi connectivity index (χ3v) is 7.29. The maximum atomic E-state index is 14.1. The van der Waals surface area contributed by atoms with Gasteiger partial charge in [-0.25, -0.2) is 4.98 Å². The smallest absolute Gasteiger partial charge is 0.251 e. The van der Waals surface area contributed by atoms with Gasteiger partial charge in [-0.05, 0) is 29.2 Å². The molecule has 0 aliphatic carbocycles. The van der Waals surface area contributed by atoms with Crippen LogP contribution in [0.3, 0.4) is 0 Å². The van der Waals surface area contributed by atoms with E-state index in [1.54, 1.807) is 0 Å². The predicted octanol–water partition coefficient (Wildman–Crippen LogP) is 2.23. The third-order valence-electron chi connectivity index (χ3n) is 6.71. The lowest BCUT2D eigenvalue weighted by Crippen LogP contribution is -2.51. The summed E-state index contributed by atoms with van der Waals surface area (Å²) in [4.78, 5) is 33.3. The van der Waals surface area contributed by atoms with Gasteiger partial charge >= 0.3 is 0 Å². The predicted molar refractivity (Wildman–Crippen MR) is 122 cm³/mol. The fourth-order valence-corrected chi connectivity index (χ4v) is 5.41. The molecule has 1 aromatic heterocycles. The van der Waals surface area contributed by atoms with Gasteiger partial charge in [-0.1, -0.05) is 18.2 Å². The van der Waals surface area contributed by atoms with Crippen molar-refractivity contribution in [3.63, 3.8) is 0 Å². The Morgan fingerprint density at radius 1 is 1.12 bits per heavy atom. The molecule has 2 amide bonds. The fourth-order valence-electron chi connectivity index (χ4n) is 4.93. The molecule has 2 saturated heterocycles. The van der Waals surface area contributed by atoms with Crippen LogP contribution >= 0.6 is 12.6 Å². The number of pyridine rings is 1. The number of carbonyl (C=O) groups is 2. The first-order chi connectivity index (χ1) is 15.9. The van der Waals surface area contributed by atoms with E-state index >= 15 is 0 Å². The number of nitrogens with zero attached hydrogens (tertiary/aromatic N) is 4. The number of halogens is 2. The molecule has 33 heavy (non-hydrogen) atoms. The van der Waals surface area contributed by atoms with E-state index in [0.717, 1.165) is 36.3 Å². The number of anilines is 1. The number of aromatic nitrogens is 1. The molecule has 0 bridgehead atoms. The Kier molecular flexibility index (Phi) is 6.07. The van der Waals surface area contributed by atoms with Gasteiger partial charge in [-0.2, -0.15) is 21.4 Å². The Labute approximate surface area is 196 Å². The fraction of sp³-hybridized carbons (Fsp3) is 0.435. The van der Waals surface area contributed by atoms with Gasteiger partial charge in [-0.15, -0.1) is 0 Å². The number of amides is 2. The maximum Gasteiger partial charge on any atom is 0.251 e. The molecule has 7 nitrogen and oxygen atoms in total. The number of piperidine rings is 1. The Balaban J connectivity index is 1.22. The molecule has 3 aliphatic heterocycles. The van der Waals surface area contributed by atoms with Crippen LogP contribution in [0.15, 0.2) is 30.5 Å². The largest absolute Gasteiger partial charge is 0.366 e. The van der Waals surface area contributed by atoms with Crippen LogP contribution < -0.4 is 10.2 Å². The molecular formula is C23H25F2N5O2S. The molecule has 10 heteroatoms. The van der Waals surface area contributed by atoms with E-state index in [2.05, 4.69) is 33.4 Å². The number of piperazine rings is 1. The highest BCUT2D eigenvalue weighted by atomic mass is 32.1. The van der Waals surface area contributed by atoms with Gasteiger partial charge in [0.2, 0.25) is 17.6 Å². The van der Waals surface area contributed by atoms with Gasteiger partial charge in [0.1, 0.15) is 0 Å². The number of nitrogens with one attached hydrogen (secondary N) is 1. The van der Waals surface area contributed by atoms with Crippen LogP contribution in [-0.2, 0) is 22.7 Å². The SMILES string of the molecule is O=C1CCC(N2Cc3ccc(CN4CCN(c5ccnc(F)c5F)CC4)cc3C2S)C(=O)N1. The van der Waals surface area contributed by atoms with E-state index < -0.39 is 11.8 Å². The van der Waals surface area contributed by atoms with E-state index in [0.29, 0.717) is 32.5 Å². The van der Waals surface area contributed by atoms with Gasteiger partial charge in [0.15, 0.2) is 0 Å². The first-order valence-corrected chi connectivity index (χ1v) is 11.6. The Bertz CT molecular complexity index is 1090. The minimum Gasteiger partial charge on any atom is -0.366 e. The lowest BCUT2D eigenvalue weighted by Gasteiger charge is -2.36. The first-order valence-electron chi connectivity index (χ1n) is 11.1. The number of rotatable bonds is 4. The first kappa shape index (κ1) is 22.2. The molecule has 0 saturated carbocycles. The molecule has 1 aromatic carbocycles. The minimum atomic E-state index is -1.07. The summed E-state index contributed by atoms with van der Waals surface area (Å²) in [5.41, 5.74) is 3.63. The second-order valence-corrected chi connectivity index (χ2v) is 9.23. The summed E-state index contributed by atoms with van der Waals surface area (Å²) in [6, 6.07) is 7.48. The maximum absolute atomic E-state index is 14.1. The molecule has 0 spiro atoms. The zero-order valence-corrected chi connectivity index (χ0v) is 18.9. The summed E-state index contributed by atoms with van der Waals surface area (Å²) < 4.78 is 27.5. The van der Waals surface area contributed by atoms with E-state index in [1.807, 2.05) is 9.80 Å². The Hall–Kier alpha value is -2.56. The van der Waals surface area contributed by atoms with Crippen molar-refractivity contribution in [3.8, 4) is 0 Å². The summed E-state index contributed by atoms with van der Waals surface area (Å²) in [6.07, 6.45) is 2.14. The van der Waals surface area contributed by atoms with Crippen LogP contribution in [0.4, 0.5) is 14.5 Å². The number of thiol groups is 1. The standard InChI is InChI=1S/C23H25F2N5O2S/c24-20-17(5-6-26-21(20)25)29-9-7-28(8-10-29)12-14-1-2-15-13-30(23(33)16(15)11-14)18-3-4-19(31)27-22(18)32/h1-2,5-6,11,18,23,33H,3-4,7-10,12-13H2,(H,27,31,32). The second-order valence-electron chi connectivity index (χ2n) is 8.74. The summed E-state index contributed by atoms with van der Waals surface area (Å²) in [6.45, 7) is 4.03. The van der Waals surface area contributed by atoms with Crippen molar-refractivity contribution in [1.82, 2.24) is 20.1 Å². The zero-order valence-electron chi connectivity index (χ0n) is 18.0. The monoisotopic (exact) mass is 473 g/mol. The highest BCUT2D eigenvalue weighted by molar-refractivity contribution is 7.80. The molecule has 5 rings (SSSR count). The van der Waals surface area contributed by atoms with Crippen LogP contribution in [0.1, 0.15) is 34.9 Å². The molecule has 2 unspecified atom stereocenters. The van der Waals surface area contributed by atoms with Gasteiger partial charge in [0.25, 0.3) is 5.95 Å². The van der Waals surface area contributed by atoms with Crippen LogP contribution in [0.25, 0.3) is 0 Å². The molecule has 174 valence electrons. The summed E-state index contributed by atoms with van der Waals surface area (Å²) in [5, 5.41) is 2.23. The van der Waals surface area contributed by atoms with Gasteiger partial charge < -0.3 is 4.90 Å². The van der Waals surface area contributed by atoms with Crippen LogP contribution in [-0.4, -0.2) is 58.8 Å². The average molecular weight is 474 g/mol. The Morgan fingerprint density at radius 2 is 1.91 bits per heavy atom. The van der Waals surface area contributed by atoms with E-state index in [9.17, 15) is 18.4 Å². The number of hydrogen-bond donors (Lipinski definition) is 2. The normalized spacial score (nSPS) is 24.2. The topological polar surface area (TPSA) is 68.8 Å². The van der Waals surface area contributed by atoms with Crippen molar-refractivity contribution in [3.05, 3.63) is 58.9 Å². The van der Waals surface area contributed by atoms with Crippen LogP contribution in [0.5, 0.6) is 0 Å². The third kappa shape index (κ3) is 4.34. The molecule has 0 radical (unpaired) electrons. The quantitative estimate of drug-likeness (QED) is 0.403. The molecular weight excluding hydrogens is 448 g/mol. The molecule has 4 heterocycles. The minimum absolute atomic E-state index is 0.203.